The van der Waals surface area contributed by atoms with Crippen molar-refractivity contribution in [1.82, 2.24) is 15.0 Å². The Balaban J connectivity index is 1.50. The Kier molecular flexibility index (Phi) is 6.08. The summed E-state index contributed by atoms with van der Waals surface area (Å²) in [6.07, 6.45) is 6.79. The van der Waals surface area contributed by atoms with Gasteiger partial charge in [-0.15, -0.1) is 0 Å². The second-order valence-electron chi connectivity index (χ2n) is 6.14. The Morgan fingerprint density at radius 2 is 1.79 bits per heavy atom. The van der Waals surface area contributed by atoms with Crippen molar-refractivity contribution in [1.29, 1.82) is 0 Å². The predicted octanol–water partition coefficient (Wildman–Crippen LogP) is 3.16. The molecule has 1 saturated heterocycles. The molecule has 0 spiro atoms. The molecule has 1 aromatic carbocycles. The summed E-state index contributed by atoms with van der Waals surface area (Å²) >= 11 is 0. The number of nitrogens with one attached hydrogen (secondary N) is 2. The maximum Gasteiger partial charge on any atom is 0.250 e. The normalized spacial score (nSPS) is 14.6. The highest BCUT2D eigenvalue weighted by atomic mass is 16.5. The molecule has 1 aliphatic rings. The monoisotopic (exact) mass is 391 g/mol. The molecule has 1 aliphatic heterocycles. The van der Waals surface area contributed by atoms with Gasteiger partial charge in [-0.3, -0.25) is 0 Å². The number of hydrazone groups is 1. The molecule has 0 unspecified atom stereocenters. The number of nitrogens with zero attached hydrogens (tertiary/aromatic N) is 5. The number of anilines is 4. The van der Waals surface area contributed by atoms with Crippen LogP contribution >= 0.6 is 0 Å². The Morgan fingerprint density at radius 3 is 2.59 bits per heavy atom. The van der Waals surface area contributed by atoms with E-state index in [0.717, 1.165) is 24.5 Å². The molecule has 1 fully saturated rings. The zero-order chi connectivity index (χ0) is 19.7. The number of furan rings is 1. The zero-order valence-electron chi connectivity index (χ0n) is 15.7. The Labute approximate surface area is 168 Å². The summed E-state index contributed by atoms with van der Waals surface area (Å²) in [5.41, 5.74) is 3.75. The van der Waals surface area contributed by atoms with Gasteiger partial charge in [-0.2, -0.15) is 20.1 Å². The first-order valence-corrected chi connectivity index (χ1v) is 9.27. The molecule has 9 heteroatoms. The average Bonchev–Trinajstić information content (AvgIpc) is 3.28. The van der Waals surface area contributed by atoms with Gasteiger partial charge in [0.2, 0.25) is 17.8 Å². The van der Waals surface area contributed by atoms with Crippen molar-refractivity contribution < 1.29 is 9.15 Å². The Morgan fingerprint density at radius 1 is 0.966 bits per heavy atom. The van der Waals surface area contributed by atoms with Gasteiger partial charge in [0.05, 0.1) is 19.5 Å². The lowest BCUT2D eigenvalue weighted by molar-refractivity contribution is 0.122. The molecular formula is C20H21N7O2. The molecule has 3 aromatic rings. The highest BCUT2D eigenvalue weighted by molar-refractivity contribution is 5.77. The van der Waals surface area contributed by atoms with Crippen molar-refractivity contribution in [3.8, 4) is 0 Å². The minimum atomic E-state index is 0.350. The quantitative estimate of drug-likeness (QED) is 0.468. The van der Waals surface area contributed by atoms with Crippen LogP contribution in [0.2, 0.25) is 0 Å². The van der Waals surface area contributed by atoms with Crippen LogP contribution in [0.1, 0.15) is 5.76 Å². The summed E-state index contributed by atoms with van der Waals surface area (Å²) in [5, 5.41) is 7.35. The SMILES string of the molecule is C(/C=C/c1ccco1)=N/Nc1nc(Nc2ccccc2)nc(N2CCOCC2)n1. The van der Waals surface area contributed by atoms with Gasteiger partial charge < -0.3 is 19.4 Å². The van der Waals surface area contributed by atoms with Gasteiger partial charge in [0, 0.05) is 25.0 Å². The fourth-order valence-corrected chi connectivity index (χ4v) is 2.69. The minimum absolute atomic E-state index is 0.350. The van der Waals surface area contributed by atoms with Crippen LogP contribution in [0.15, 0.2) is 64.3 Å². The van der Waals surface area contributed by atoms with Crippen LogP contribution in [-0.2, 0) is 4.74 Å². The van der Waals surface area contributed by atoms with E-state index in [4.69, 9.17) is 9.15 Å². The molecule has 0 saturated carbocycles. The molecule has 2 aromatic heterocycles. The van der Waals surface area contributed by atoms with E-state index in [1.807, 2.05) is 42.5 Å². The molecule has 3 heterocycles. The van der Waals surface area contributed by atoms with Crippen molar-refractivity contribution in [3.63, 3.8) is 0 Å². The van der Waals surface area contributed by atoms with Crippen molar-refractivity contribution in [2.75, 3.05) is 41.9 Å². The number of hydrogen-bond donors (Lipinski definition) is 2. The highest BCUT2D eigenvalue weighted by Gasteiger charge is 2.16. The van der Waals surface area contributed by atoms with Gasteiger partial charge in [0.1, 0.15) is 5.76 Å². The fourth-order valence-electron chi connectivity index (χ4n) is 2.69. The van der Waals surface area contributed by atoms with Crippen LogP contribution in [0.3, 0.4) is 0 Å². The van der Waals surface area contributed by atoms with E-state index in [1.54, 1.807) is 24.6 Å². The third kappa shape index (κ3) is 5.39. The van der Waals surface area contributed by atoms with Gasteiger partial charge in [0.25, 0.3) is 0 Å². The summed E-state index contributed by atoms with van der Waals surface area (Å²) in [5.74, 6) is 2.12. The molecule has 4 rings (SSSR count). The van der Waals surface area contributed by atoms with Crippen LogP contribution < -0.4 is 15.6 Å². The molecule has 148 valence electrons. The molecule has 0 aliphatic carbocycles. The van der Waals surface area contributed by atoms with E-state index in [9.17, 15) is 0 Å². The number of ether oxygens (including phenoxy) is 1. The first kappa shape index (κ1) is 18.6. The standard InChI is InChI=1S/C20H21N7O2/c1-2-6-16(7-3-1)22-18-23-19(25-20(24-18)27-11-14-28-15-12-27)26-21-10-4-8-17-9-5-13-29-17/h1-10,13H,11-12,14-15H2,(H2,22,23,24,25,26)/b8-4+,21-10-. The second-order valence-corrected chi connectivity index (χ2v) is 6.14. The Bertz CT molecular complexity index is 952. The molecular weight excluding hydrogens is 370 g/mol. The number of rotatable bonds is 7. The molecule has 9 nitrogen and oxygen atoms in total. The number of hydrogen-bond acceptors (Lipinski definition) is 9. The summed E-state index contributed by atoms with van der Waals surface area (Å²) in [4.78, 5) is 15.5. The smallest absolute Gasteiger partial charge is 0.250 e. The summed E-state index contributed by atoms with van der Waals surface area (Å²) in [7, 11) is 0. The second kappa shape index (κ2) is 9.47. The number of morpholine rings is 1. The zero-order valence-corrected chi connectivity index (χ0v) is 15.7. The molecule has 2 N–H and O–H groups in total. The maximum absolute atomic E-state index is 5.42. The van der Waals surface area contributed by atoms with Crippen molar-refractivity contribution in [2.45, 2.75) is 0 Å². The van der Waals surface area contributed by atoms with Crippen LogP contribution in [0, 0.1) is 0 Å². The first-order chi connectivity index (χ1) is 14.4. The van der Waals surface area contributed by atoms with Gasteiger partial charge in [-0.05, 0) is 36.4 Å². The van der Waals surface area contributed by atoms with Gasteiger partial charge >= 0.3 is 0 Å². The van der Waals surface area contributed by atoms with E-state index in [0.29, 0.717) is 31.1 Å². The van der Waals surface area contributed by atoms with E-state index in [1.165, 1.54) is 0 Å². The average molecular weight is 391 g/mol. The number of aromatic nitrogens is 3. The van der Waals surface area contributed by atoms with Gasteiger partial charge in [-0.1, -0.05) is 18.2 Å². The lowest BCUT2D eigenvalue weighted by Crippen LogP contribution is -2.37. The lowest BCUT2D eigenvalue weighted by atomic mass is 10.3. The van der Waals surface area contributed by atoms with Gasteiger partial charge in [-0.25, -0.2) is 5.43 Å². The summed E-state index contributed by atoms with van der Waals surface area (Å²) in [6.45, 7) is 2.74. The maximum atomic E-state index is 5.42. The fraction of sp³-hybridized carbons (Fsp3) is 0.200. The predicted molar refractivity (Wildman–Crippen MR) is 112 cm³/mol. The molecule has 0 amide bonds. The topological polar surface area (TPSA) is 101 Å². The van der Waals surface area contributed by atoms with Crippen molar-refractivity contribution in [2.24, 2.45) is 5.10 Å². The van der Waals surface area contributed by atoms with Crippen molar-refractivity contribution in [3.05, 3.63) is 60.6 Å². The highest BCUT2D eigenvalue weighted by Crippen LogP contribution is 2.18. The number of para-hydroxylation sites is 1. The van der Waals surface area contributed by atoms with Crippen molar-refractivity contribution >= 4 is 35.8 Å². The van der Waals surface area contributed by atoms with Crippen LogP contribution in [0.4, 0.5) is 23.5 Å². The van der Waals surface area contributed by atoms with E-state index < -0.39 is 0 Å². The van der Waals surface area contributed by atoms with E-state index in [2.05, 4.69) is 35.7 Å². The van der Waals surface area contributed by atoms with E-state index in [-0.39, 0.29) is 0 Å². The van der Waals surface area contributed by atoms with Crippen LogP contribution in [0.5, 0.6) is 0 Å². The molecule has 0 bridgehead atoms. The molecule has 29 heavy (non-hydrogen) atoms. The largest absolute Gasteiger partial charge is 0.465 e. The minimum Gasteiger partial charge on any atom is -0.465 e. The number of benzene rings is 1. The summed E-state index contributed by atoms with van der Waals surface area (Å²) < 4.78 is 10.6. The molecule has 0 atom stereocenters. The summed E-state index contributed by atoms with van der Waals surface area (Å²) in [6, 6.07) is 13.4. The lowest BCUT2D eigenvalue weighted by Gasteiger charge is -2.27. The third-order valence-corrected chi connectivity index (χ3v) is 4.08. The Hall–Kier alpha value is -3.72. The molecule has 0 radical (unpaired) electrons. The van der Waals surface area contributed by atoms with Gasteiger partial charge in [0.15, 0.2) is 0 Å². The third-order valence-electron chi connectivity index (χ3n) is 4.08. The van der Waals surface area contributed by atoms with Crippen LogP contribution in [0.25, 0.3) is 6.08 Å². The van der Waals surface area contributed by atoms with Crippen LogP contribution in [-0.4, -0.2) is 47.5 Å². The first-order valence-electron chi connectivity index (χ1n) is 9.27. The number of allylic oxidation sites excluding steroid dienone is 1. The van der Waals surface area contributed by atoms with E-state index >= 15 is 0 Å².